The van der Waals surface area contributed by atoms with Crippen molar-refractivity contribution in [1.29, 1.82) is 0 Å². The molecule has 3 aliphatic carbocycles. The summed E-state index contributed by atoms with van der Waals surface area (Å²) < 4.78 is 0. The van der Waals surface area contributed by atoms with E-state index < -0.39 is 0 Å². The van der Waals surface area contributed by atoms with Gasteiger partial charge in [-0.15, -0.1) is 0 Å². The summed E-state index contributed by atoms with van der Waals surface area (Å²) in [4.78, 5) is 5.95. The molecule has 4 heteroatoms. The minimum absolute atomic E-state index is 0.170. The number of fused-ring (bicyclic) bond motifs is 2. The number of hydrogen-bond donors (Lipinski definition) is 2. The molecule has 0 radical (unpaired) electrons. The van der Waals surface area contributed by atoms with Crippen molar-refractivity contribution in [2.24, 2.45) is 11.8 Å². The van der Waals surface area contributed by atoms with Crippen LogP contribution in [0.15, 0.2) is 30.3 Å². The van der Waals surface area contributed by atoms with Gasteiger partial charge in [0.05, 0.1) is 5.69 Å². The Bertz CT molecular complexity index is 430. The molecule has 1 atom stereocenters. The molecule has 2 N–H and O–H groups in total. The van der Waals surface area contributed by atoms with Gasteiger partial charge in [0, 0.05) is 5.92 Å². The van der Waals surface area contributed by atoms with Crippen LogP contribution in [0, 0.1) is 11.8 Å². The monoisotopic (exact) mass is 245 g/mol. The zero-order valence-electron chi connectivity index (χ0n) is 10.4. The Balaban J connectivity index is 1.57. The summed E-state index contributed by atoms with van der Waals surface area (Å²) in [5.41, 5.74) is 7.52. The molecule has 96 valence electrons. The number of anilines is 1. The van der Waals surface area contributed by atoms with Gasteiger partial charge >= 0.3 is 0 Å². The summed E-state index contributed by atoms with van der Waals surface area (Å²) in [6, 6.07) is 10.2. The second kappa shape index (κ2) is 3.95. The number of hydrogen-bond acceptors (Lipinski definition) is 4. The van der Waals surface area contributed by atoms with Crippen molar-refractivity contribution >= 4 is 5.69 Å². The Morgan fingerprint density at radius 1 is 1.11 bits per heavy atom. The molecule has 1 saturated heterocycles. The Labute approximate surface area is 107 Å². The van der Waals surface area contributed by atoms with Crippen LogP contribution in [-0.2, 0) is 4.84 Å². The van der Waals surface area contributed by atoms with E-state index in [1.54, 1.807) is 0 Å². The molecule has 1 aromatic rings. The van der Waals surface area contributed by atoms with Gasteiger partial charge < -0.3 is 0 Å². The predicted molar refractivity (Wildman–Crippen MR) is 69.1 cm³/mol. The number of nitrogens with zero attached hydrogens (tertiary/aromatic N) is 1. The highest BCUT2D eigenvalue weighted by molar-refractivity contribution is 5.44. The van der Waals surface area contributed by atoms with E-state index in [1.165, 1.54) is 25.7 Å². The Morgan fingerprint density at radius 2 is 1.89 bits per heavy atom. The Kier molecular flexibility index (Phi) is 2.37. The second-order valence-electron chi connectivity index (χ2n) is 5.79. The molecule has 18 heavy (non-hydrogen) atoms. The smallest absolute Gasteiger partial charge is 0.163 e. The maximum absolute atomic E-state index is 5.95. The SMILES string of the molecule is c1ccc(N2NO[C@@]3(CC4CCC3CC4)N2)cc1. The van der Waals surface area contributed by atoms with Crippen molar-refractivity contribution in [3.63, 3.8) is 0 Å². The zero-order chi connectivity index (χ0) is 12.0. The van der Waals surface area contributed by atoms with E-state index in [4.69, 9.17) is 4.84 Å². The fourth-order valence-corrected chi connectivity index (χ4v) is 3.75. The first-order chi connectivity index (χ1) is 8.86. The van der Waals surface area contributed by atoms with Crippen LogP contribution in [0.1, 0.15) is 32.1 Å². The summed E-state index contributed by atoms with van der Waals surface area (Å²) in [5.74, 6) is 1.48. The fourth-order valence-electron chi connectivity index (χ4n) is 3.75. The van der Waals surface area contributed by atoms with E-state index in [9.17, 15) is 0 Å². The Morgan fingerprint density at radius 3 is 2.56 bits per heavy atom. The summed E-state index contributed by atoms with van der Waals surface area (Å²) in [6.45, 7) is 0. The molecule has 0 aromatic heterocycles. The molecule has 3 saturated carbocycles. The highest BCUT2D eigenvalue weighted by Gasteiger charge is 2.52. The third-order valence-corrected chi connectivity index (χ3v) is 4.73. The van der Waals surface area contributed by atoms with Crippen molar-refractivity contribution in [2.75, 3.05) is 5.12 Å². The van der Waals surface area contributed by atoms with Gasteiger partial charge in [0.15, 0.2) is 5.72 Å². The third kappa shape index (κ3) is 1.56. The van der Waals surface area contributed by atoms with Crippen molar-refractivity contribution in [3.05, 3.63) is 30.3 Å². The highest BCUT2D eigenvalue weighted by atomic mass is 16.7. The topological polar surface area (TPSA) is 36.5 Å². The van der Waals surface area contributed by atoms with Gasteiger partial charge in [-0.05, 0) is 50.2 Å². The molecule has 4 fully saturated rings. The van der Waals surface area contributed by atoms with E-state index in [1.807, 2.05) is 23.3 Å². The van der Waals surface area contributed by atoms with E-state index in [-0.39, 0.29) is 5.72 Å². The van der Waals surface area contributed by atoms with Crippen molar-refractivity contribution in [1.82, 2.24) is 11.0 Å². The lowest BCUT2D eigenvalue weighted by Crippen LogP contribution is -2.57. The first-order valence-corrected chi connectivity index (χ1v) is 6.92. The van der Waals surface area contributed by atoms with Crippen LogP contribution in [-0.4, -0.2) is 5.72 Å². The molecule has 1 aromatic carbocycles. The number of benzene rings is 1. The van der Waals surface area contributed by atoms with Crippen LogP contribution < -0.4 is 16.1 Å². The lowest BCUT2D eigenvalue weighted by Gasteiger charge is -2.47. The maximum Gasteiger partial charge on any atom is 0.163 e. The van der Waals surface area contributed by atoms with Crippen LogP contribution in [0.25, 0.3) is 0 Å². The number of rotatable bonds is 1. The number of hydrazine groups is 2. The molecular formula is C14H19N3O. The number of nitrogens with one attached hydrogen (secondary N) is 2. The van der Waals surface area contributed by atoms with E-state index in [2.05, 4.69) is 23.1 Å². The molecule has 1 heterocycles. The predicted octanol–water partition coefficient (Wildman–Crippen LogP) is 2.35. The summed E-state index contributed by atoms with van der Waals surface area (Å²) in [7, 11) is 0. The average molecular weight is 245 g/mol. The molecule has 0 unspecified atom stereocenters. The summed E-state index contributed by atoms with van der Waals surface area (Å²) >= 11 is 0. The minimum Gasteiger partial charge on any atom is -0.257 e. The van der Waals surface area contributed by atoms with E-state index in [0.29, 0.717) is 5.92 Å². The van der Waals surface area contributed by atoms with Crippen molar-refractivity contribution in [3.8, 4) is 0 Å². The van der Waals surface area contributed by atoms with Crippen LogP contribution in [0.3, 0.4) is 0 Å². The first kappa shape index (κ1) is 10.8. The van der Waals surface area contributed by atoms with Crippen molar-refractivity contribution in [2.45, 2.75) is 37.8 Å². The quantitative estimate of drug-likeness (QED) is 0.796. The molecule has 5 rings (SSSR count). The van der Waals surface area contributed by atoms with Crippen LogP contribution in [0.2, 0.25) is 0 Å². The largest absolute Gasteiger partial charge is 0.257 e. The molecule has 2 bridgehead atoms. The van der Waals surface area contributed by atoms with E-state index >= 15 is 0 Å². The normalized spacial score (nSPS) is 38.6. The van der Waals surface area contributed by atoms with Crippen LogP contribution in [0.5, 0.6) is 0 Å². The first-order valence-electron chi connectivity index (χ1n) is 6.92. The average Bonchev–Trinajstić information content (AvgIpc) is 2.85. The van der Waals surface area contributed by atoms with Gasteiger partial charge in [0.1, 0.15) is 0 Å². The zero-order valence-corrected chi connectivity index (χ0v) is 10.4. The van der Waals surface area contributed by atoms with Gasteiger partial charge in [-0.3, -0.25) is 4.84 Å². The van der Waals surface area contributed by atoms with Gasteiger partial charge in [-0.1, -0.05) is 23.8 Å². The summed E-state index contributed by atoms with van der Waals surface area (Å²) in [6.07, 6.45) is 6.48. The second-order valence-corrected chi connectivity index (χ2v) is 5.79. The van der Waals surface area contributed by atoms with Crippen LogP contribution >= 0.6 is 0 Å². The number of para-hydroxylation sites is 1. The molecule has 1 aliphatic heterocycles. The lowest BCUT2D eigenvalue weighted by molar-refractivity contribution is -0.153. The van der Waals surface area contributed by atoms with Gasteiger partial charge in [-0.2, -0.15) is 5.43 Å². The molecule has 4 nitrogen and oxygen atoms in total. The van der Waals surface area contributed by atoms with Gasteiger partial charge in [0.25, 0.3) is 0 Å². The molecule has 4 aliphatic rings. The summed E-state index contributed by atoms with van der Waals surface area (Å²) in [5, 5.41) is 1.92. The standard InChI is InChI=1S/C14H19N3O/c1-2-4-13(5-3-1)17-15-14(18-16-17)10-11-6-8-12(14)9-7-11/h1-5,11-12,15-16H,6-10H2/t11?,12?,14-/m1/s1. The van der Waals surface area contributed by atoms with Gasteiger partial charge in [0.2, 0.25) is 0 Å². The van der Waals surface area contributed by atoms with Crippen molar-refractivity contribution < 1.29 is 4.84 Å². The highest BCUT2D eigenvalue weighted by Crippen LogP contribution is 2.48. The third-order valence-electron chi connectivity index (χ3n) is 4.73. The molecule has 1 spiro atoms. The minimum atomic E-state index is -0.170. The molecule has 0 amide bonds. The Hall–Kier alpha value is -1.10. The van der Waals surface area contributed by atoms with Gasteiger partial charge in [-0.25, -0.2) is 5.12 Å². The van der Waals surface area contributed by atoms with E-state index in [0.717, 1.165) is 18.0 Å². The van der Waals surface area contributed by atoms with Crippen LogP contribution in [0.4, 0.5) is 5.69 Å². The fraction of sp³-hybridized carbons (Fsp3) is 0.571. The molecular weight excluding hydrogens is 226 g/mol. The maximum atomic E-state index is 5.95. The lowest BCUT2D eigenvalue weighted by atomic mass is 9.66.